The molecule has 20 heavy (non-hydrogen) atoms. The van der Waals surface area contributed by atoms with Gasteiger partial charge in [-0.15, -0.1) is 0 Å². The number of hydrogen-bond acceptors (Lipinski definition) is 3. The molecule has 0 fully saturated rings. The van der Waals surface area contributed by atoms with Crippen molar-refractivity contribution in [1.82, 2.24) is 15.2 Å². The number of carbonyl (C=O) groups excluding carboxylic acids is 1. The second-order valence-electron chi connectivity index (χ2n) is 6.62. The van der Waals surface area contributed by atoms with Crippen molar-refractivity contribution in [2.45, 2.75) is 40.2 Å². The molecule has 0 aromatic carbocycles. The maximum Gasteiger partial charge on any atom is 0.253 e. The molecule has 1 rings (SSSR count). The fraction of sp³-hybridized carbons (Fsp3) is 0.625. The van der Waals surface area contributed by atoms with E-state index in [0.717, 1.165) is 18.7 Å². The number of pyridine rings is 1. The molecule has 0 aliphatic carbocycles. The van der Waals surface area contributed by atoms with Crippen molar-refractivity contribution in [3.63, 3.8) is 0 Å². The van der Waals surface area contributed by atoms with E-state index in [-0.39, 0.29) is 17.4 Å². The van der Waals surface area contributed by atoms with E-state index < -0.39 is 0 Å². The minimum absolute atomic E-state index is 0.0295. The zero-order chi connectivity index (χ0) is 15.3. The van der Waals surface area contributed by atoms with Gasteiger partial charge in [-0.05, 0) is 51.5 Å². The molecule has 0 unspecified atom stereocenters. The first-order valence-corrected chi connectivity index (χ1v) is 7.09. The average molecular weight is 277 g/mol. The molecule has 0 aliphatic rings. The van der Waals surface area contributed by atoms with Gasteiger partial charge in [0.2, 0.25) is 0 Å². The van der Waals surface area contributed by atoms with Gasteiger partial charge < -0.3 is 10.2 Å². The van der Waals surface area contributed by atoms with Gasteiger partial charge in [0.05, 0.1) is 5.56 Å². The lowest BCUT2D eigenvalue weighted by Crippen LogP contribution is -2.45. The van der Waals surface area contributed by atoms with Gasteiger partial charge in [0.15, 0.2) is 0 Å². The first-order valence-electron chi connectivity index (χ1n) is 7.09. The zero-order valence-electron chi connectivity index (χ0n) is 13.5. The lowest BCUT2D eigenvalue weighted by molar-refractivity contribution is 0.0892. The third-order valence-electron chi connectivity index (χ3n) is 3.47. The molecule has 4 nitrogen and oxygen atoms in total. The van der Waals surface area contributed by atoms with Gasteiger partial charge in [-0.1, -0.05) is 20.8 Å². The van der Waals surface area contributed by atoms with Gasteiger partial charge in [0.25, 0.3) is 5.91 Å². The van der Waals surface area contributed by atoms with E-state index in [1.165, 1.54) is 0 Å². The van der Waals surface area contributed by atoms with E-state index >= 15 is 0 Å². The van der Waals surface area contributed by atoms with Crippen LogP contribution in [0.5, 0.6) is 0 Å². The lowest BCUT2D eigenvalue weighted by Gasteiger charge is -2.32. The monoisotopic (exact) mass is 277 g/mol. The van der Waals surface area contributed by atoms with Crippen LogP contribution in [-0.4, -0.2) is 42.5 Å². The molecule has 0 saturated heterocycles. The Bertz CT molecular complexity index is 449. The van der Waals surface area contributed by atoms with E-state index in [4.69, 9.17) is 0 Å². The summed E-state index contributed by atoms with van der Waals surface area (Å²) in [4.78, 5) is 18.7. The van der Waals surface area contributed by atoms with Gasteiger partial charge in [-0.3, -0.25) is 9.78 Å². The third-order valence-corrected chi connectivity index (χ3v) is 3.47. The van der Waals surface area contributed by atoms with Crippen LogP contribution in [0.25, 0.3) is 0 Å². The molecular formula is C16H27N3O. The topological polar surface area (TPSA) is 45.2 Å². The third kappa shape index (κ3) is 4.93. The van der Waals surface area contributed by atoms with Crippen LogP contribution in [0.3, 0.4) is 0 Å². The van der Waals surface area contributed by atoms with E-state index in [2.05, 4.69) is 36.0 Å². The standard InChI is InChI=1S/C16H27N3O/c1-12-13(8-7-10-17-12)15(20)18-14(16(2,3)4)9-11-19(5)6/h7-8,10,14H,9,11H2,1-6H3,(H,18,20)/t14-/m0/s1. The summed E-state index contributed by atoms with van der Waals surface area (Å²) in [6.45, 7) is 9.28. The molecule has 4 heteroatoms. The first kappa shape index (κ1) is 16.6. The number of carbonyl (C=O) groups is 1. The van der Waals surface area contributed by atoms with E-state index in [0.29, 0.717) is 5.56 Å². The molecule has 0 spiro atoms. The molecule has 1 atom stereocenters. The summed E-state index contributed by atoms with van der Waals surface area (Å²) in [6.07, 6.45) is 2.64. The Hall–Kier alpha value is -1.42. The predicted octanol–water partition coefficient (Wildman–Crippen LogP) is 2.49. The Morgan fingerprint density at radius 3 is 2.55 bits per heavy atom. The minimum atomic E-state index is -0.0331. The maximum atomic E-state index is 12.4. The van der Waals surface area contributed by atoms with Crippen molar-refractivity contribution in [2.24, 2.45) is 5.41 Å². The SMILES string of the molecule is Cc1ncccc1C(=O)N[C@@H](CCN(C)C)C(C)(C)C. The van der Waals surface area contributed by atoms with Gasteiger partial charge in [0, 0.05) is 17.9 Å². The Balaban J connectivity index is 2.80. The van der Waals surface area contributed by atoms with Crippen LogP contribution in [0.2, 0.25) is 0 Å². The zero-order valence-corrected chi connectivity index (χ0v) is 13.5. The Labute approximate surface area is 122 Å². The number of nitrogens with one attached hydrogen (secondary N) is 1. The number of hydrogen-bond donors (Lipinski definition) is 1. The molecule has 0 aliphatic heterocycles. The molecule has 1 heterocycles. The summed E-state index contributed by atoms with van der Waals surface area (Å²) >= 11 is 0. The molecule has 0 radical (unpaired) electrons. The molecule has 112 valence electrons. The van der Waals surface area contributed by atoms with Gasteiger partial charge in [-0.2, -0.15) is 0 Å². The average Bonchev–Trinajstić information content (AvgIpc) is 2.33. The van der Waals surface area contributed by atoms with Crippen molar-refractivity contribution >= 4 is 5.91 Å². The predicted molar refractivity (Wildman–Crippen MR) is 82.9 cm³/mol. The fourth-order valence-corrected chi connectivity index (χ4v) is 2.07. The van der Waals surface area contributed by atoms with Crippen molar-refractivity contribution in [3.8, 4) is 0 Å². The smallest absolute Gasteiger partial charge is 0.253 e. The van der Waals surface area contributed by atoms with E-state index in [9.17, 15) is 4.79 Å². The van der Waals surface area contributed by atoms with Crippen LogP contribution in [0.15, 0.2) is 18.3 Å². The number of rotatable bonds is 5. The van der Waals surface area contributed by atoms with Gasteiger partial charge >= 0.3 is 0 Å². The van der Waals surface area contributed by atoms with Crippen LogP contribution in [0.4, 0.5) is 0 Å². The second kappa shape index (κ2) is 6.84. The maximum absolute atomic E-state index is 12.4. The summed E-state index contributed by atoms with van der Waals surface area (Å²) in [7, 11) is 4.10. The highest BCUT2D eigenvalue weighted by Crippen LogP contribution is 2.22. The van der Waals surface area contributed by atoms with E-state index in [1.807, 2.05) is 27.1 Å². The van der Waals surface area contributed by atoms with Crippen molar-refractivity contribution in [3.05, 3.63) is 29.6 Å². The van der Waals surface area contributed by atoms with Crippen LogP contribution >= 0.6 is 0 Å². The van der Waals surface area contributed by atoms with Crippen LogP contribution in [-0.2, 0) is 0 Å². The summed E-state index contributed by atoms with van der Waals surface area (Å²) in [5.74, 6) is -0.0331. The van der Waals surface area contributed by atoms with Crippen molar-refractivity contribution in [1.29, 1.82) is 0 Å². The molecule has 0 bridgehead atoms. The summed E-state index contributed by atoms with van der Waals surface area (Å²) < 4.78 is 0. The van der Waals surface area contributed by atoms with Crippen LogP contribution in [0, 0.1) is 12.3 Å². The number of amides is 1. The largest absolute Gasteiger partial charge is 0.349 e. The second-order valence-corrected chi connectivity index (χ2v) is 6.62. The van der Waals surface area contributed by atoms with Crippen molar-refractivity contribution in [2.75, 3.05) is 20.6 Å². The molecule has 1 aromatic rings. The summed E-state index contributed by atoms with van der Waals surface area (Å²) in [5.41, 5.74) is 1.46. The Kier molecular flexibility index (Phi) is 5.69. The lowest BCUT2D eigenvalue weighted by atomic mass is 9.84. The molecule has 1 amide bonds. The number of nitrogens with zero attached hydrogens (tertiary/aromatic N) is 2. The first-order chi connectivity index (χ1) is 9.21. The Morgan fingerprint density at radius 1 is 1.40 bits per heavy atom. The summed E-state index contributed by atoms with van der Waals surface area (Å²) in [5, 5.41) is 3.16. The van der Waals surface area contributed by atoms with Gasteiger partial charge in [-0.25, -0.2) is 0 Å². The quantitative estimate of drug-likeness (QED) is 0.899. The fourth-order valence-electron chi connectivity index (χ4n) is 2.07. The number of aryl methyl sites for hydroxylation is 1. The van der Waals surface area contributed by atoms with E-state index in [1.54, 1.807) is 12.3 Å². The normalized spacial score (nSPS) is 13.3. The van der Waals surface area contributed by atoms with Gasteiger partial charge in [0.1, 0.15) is 0 Å². The highest BCUT2D eigenvalue weighted by molar-refractivity contribution is 5.95. The summed E-state index contributed by atoms with van der Waals surface area (Å²) in [6, 6.07) is 3.76. The molecule has 1 N–H and O–H groups in total. The highest BCUT2D eigenvalue weighted by atomic mass is 16.1. The van der Waals surface area contributed by atoms with Crippen LogP contribution in [0.1, 0.15) is 43.2 Å². The molecule has 1 aromatic heterocycles. The highest BCUT2D eigenvalue weighted by Gasteiger charge is 2.26. The van der Waals surface area contributed by atoms with Crippen LogP contribution < -0.4 is 5.32 Å². The molecular weight excluding hydrogens is 250 g/mol. The number of aromatic nitrogens is 1. The minimum Gasteiger partial charge on any atom is -0.349 e. The molecule has 0 saturated carbocycles. The van der Waals surface area contributed by atoms with Crippen molar-refractivity contribution < 1.29 is 4.79 Å². The Morgan fingerprint density at radius 2 is 2.05 bits per heavy atom.